The molecule has 0 aliphatic heterocycles. The fraction of sp³-hybridized carbons (Fsp3) is 0.947. The Bertz CT molecular complexity index is 1840. The van der Waals surface area contributed by atoms with E-state index in [4.69, 9.17) is 37.0 Å². The number of phosphoric ester groups is 2. The number of rotatable bonds is 73. The zero-order valence-corrected chi connectivity index (χ0v) is 63.2. The number of aliphatic hydroxyl groups is 1. The number of ether oxygens (including phenoxy) is 4. The van der Waals surface area contributed by atoms with Crippen molar-refractivity contribution in [3.63, 3.8) is 0 Å². The summed E-state index contributed by atoms with van der Waals surface area (Å²) in [7, 11) is -9.91. The summed E-state index contributed by atoms with van der Waals surface area (Å²) in [5.74, 6) is 0.190. The lowest BCUT2D eigenvalue weighted by atomic mass is 9.99. The molecule has 0 fully saturated rings. The van der Waals surface area contributed by atoms with Crippen LogP contribution in [0.2, 0.25) is 0 Å². The Morgan fingerprint density at radius 3 is 0.809 bits per heavy atom. The number of phosphoric acid groups is 2. The third kappa shape index (κ3) is 67.3. The molecule has 6 atom stereocenters. The van der Waals surface area contributed by atoms with Gasteiger partial charge in [0.15, 0.2) is 12.2 Å². The first kappa shape index (κ1) is 92.1. The van der Waals surface area contributed by atoms with Crippen LogP contribution in [-0.4, -0.2) is 96.7 Å². The average Bonchev–Trinajstić information content (AvgIpc) is 1.27. The van der Waals surface area contributed by atoms with Crippen LogP contribution in [0.15, 0.2) is 0 Å². The minimum Gasteiger partial charge on any atom is -0.462 e. The van der Waals surface area contributed by atoms with Gasteiger partial charge >= 0.3 is 39.5 Å². The maximum Gasteiger partial charge on any atom is 0.472 e. The van der Waals surface area contributed by atoms with E-state index in [9.17, 15) is 43.2 Å². The van der Waals surface area contributed by atoms with Crippen LogP contribution in [0.1, 0.15) is 382 Å². The molecule has 3 unspecified atom stereocenters. The molecule has 17 nitrogen and oxygen atoms in total. The zero-order chi connectivity index (χ0) is 69.4. The Morgan fingerprint density at radius 2 is 0.543 bits per heavy atom. The number of hydrogen-bond acceptors (Lipinski definition) is 15. The molecule has 0 spiro atoms. The van der Waals surface area contributed by atoms with Crippen LogP contribution in [0.25, 0.3) is 0 Å². The number of carbonyl (C=O) groups excluding carboxylic acids is 4. The van der Waals surface area contributed by atoms with E-state index in [1.807, 2.05) is 0 Å². The summed E-state index contributed by atoms with van der Waals surface area (Å²) in [6.45, 7) is 11.9. The van der Waals surface area contributed by atoms with Gasteiger partial charge < -0.3 is 33.8 Å². The van der Waals surface area contributed by atoms with Gasteiger partial charge in [-0.15, -0.1) is 0 Å². The van der Waals surface area contributed by atoms with Gasteiger partial charge in [-0.2, -0.15) is 0 Å². The molecule has 0 aliphatic rings. The smallest absolute Gasteiger partial charge is 0.462 e. The molecule has 0 aromatic heterocycles. The Kier molecular flexibility index (Phi) is 64.3. The Labute approximate surface area is 575 Å². The van der Waals surface area contributed by atoms with E-state index in [2.05, 4.69) is 48.5 Å². The molecule has 0 rings (SSSR count). The first-order valence-electron chi connectivity index (χ1n) is 38.9. The lowest BCUT2D eigenvalue weighted by molar-refractivity contribution is -0.161. The van der Waals surface area contributed by atoms with E-state index in [0.717, 1.165) is 108 Å². The van der Waals surface area contributed by atoms with Crippen molar-refractivity contribution in [1.82, 2.24) is 0 Å². The van der Waals surface area contributed by atoms with Gasteiger partial charge in [0.2, 0.25) is 0 Å². The second-order valence-electron chi connectivity index (χ2n) is 28.2. The molecule has 0 saturated carbocycles. The summed E-state index contributed by atoms with van der Waals surface area (Å²) >= 11 is 0. The highest BCUT2D eigenvalue weighted by Crippen LogP contribution is 2.45. The van der Waals surface area contributed by atoms with Crippen LogP contribution in [0.3, 0.4) is 0 Å². The number of unbranched alkanes of at least 4 members (excludes halogenated alkanes) is 40. The fourth-order valence-electron chi connectivity index (χ4n) is 11.4. The van der Waals surface area contributed by atoms with Crippen molar-refractivity contribution in [2.75, 3.05) is 39.6 Å². The van der Waals surface area contributed by atoms with Gasteiger partial charge in [0.25, 0.3) is 0 Å². The van der Waals surface area contributed by atoms with Crippen LogP contribution in [0, 0.1) is 17.8 Å². The average molecular weight is 1380 g/mol. The molecule has 0 saturated heterocycles. The molecule has 0 heterocycles. The number of esters is 4. The molecule has 0 aliphatic carbocycles. The van der Waals surface area contributed by atoms with Gasteiger partial charge in [-0.25, -0.2) is 9.13 Å². The highest BCUT2D eigenvalue weighted by Gasteiger charge is 2.30. The minimum atomic E-state index is -4.96. The Balaban J connectivity index is 5.25. The van der Waals surface area contributed by atoms with Gasteiger partial charge in [0.05, 0.1) is 26.4 Å². The maximum atomic E-state index is 13.1. The lowest BCUT2D eigenvalue weighted by Gasteiger charge is -2.21. The van der Waals surface area contributed by atoms with E-state index in [1.54, 1.807) is 0 Å². The predicted molar refractivity (Wildman–Crippen MR) is 381 cm³/mol. The molecule has 19 heteroatoms. The third-order valence-corrected chi connectivity index (χ3v) is 19.6. The number of hydrogen-bond donors (Lipinski definition) is 3. The summed E-state index contributed by atoms with van der Waals surface area (Å²) in [6, 6.07) is 0. The third-order valence-electron chi connectivity index (χ3n) is 17.7. The Hall–Kier alpha value is -1.94. The quantitative estimate of drug-likeness (QED) is 0.0222. The van der Waals surface area contributed by atoms with Crippen LogP contribution < -0.4 is 0 Å². The van der Waals surface area contributed by atoms with Crippen LogP contribution in [0.4, 0.5) is 0 Å². The van der Waals surface area contributed by atoms with Crippen LogP contribution in [0.5, 0.6) is 0 Å². The van der Waals surface area contributed by atoms with Crippen LogP contribution in [-0.2, 0) is 65.4 Å². The molecule has 0 radical (unpaired) electrons. The van der Waals surface area contributed by atoms with Gasteiger partial charge in [-0.1, -0.05) is 331 Å². The lowest BCUT2D eigenvalue weighted by Crippen LogP contribution is -2.30. The zero-order valence-electron chi connectivity index (χ0n) is 61.4. The van der Waals surface area contributed by atoms with Crippen molar-refractivity contribution in [2.24, 2.45) is 17.8 Å². The van der Waals surface area contributed by atoms with Gasteiger partial charge in [0.1, 0.15) is 19.3 Å². The number of aliphatic hydroxyl groups excluding tert-OH is 1. The van der Waals surface area contributed by atoms with Gasteiger partial charge in [-0.05, 0) is 43.4 Å². The molecule has 558 valence electrons. The molecule has 3 N–H and O–H groups in total. The first-order chi connectivity index (χ1) is 45.3. The highest BCUT2D eigenvalue weighted by atomic mass is 31.2. The van der Waals surface area contributed by atoms with E-state index in [-0.39, 0.29) is 25.7 Å². The van der Waals surface area contributed by atoms with Crippen molar-refractivity contribution < 1.29 is 80.2 Å². The normalized spacial score (nSPS) is 14.4. The summed E-state index contributed by atoms with van der Waals surface area (Å²) in [4.78, 5) is 72.8. The van der Waals surface area contributed by atoms with E-state index >= 15 is 0 Å². The largest absolute Gasteiger partial charge is 0.472 e. The molecule has 0 aromatic carbocycles. The summed E-state index contributed by atoms with van der Waals surface area (Å²) < 4.78 is 68.5. The molecular formula is C75H146O17P2. The second-order valence-corrected chi connectivity index (χ2v) is 31.1. The van der Waals surface area contributed by atoms with E-state index in [1.165, 1.54) is 193 Å². The molecular weight excluding hydrogens is 1230 g/mol. The molecule has 0 bridgehead atoms. The molecule has 0 aromatic rings. The van der Waals surface area contributed by atoms with Gasteiger partial charge in [0, 0.05) is 25.7 Å². The number of carbonyl (C=O) groups is 4. The van der Waals surface area contributed by atoms with Crippen molar-refractivity contribution in [2.45, 2.75) is 401 Å². The standard InChI is InChI=1S/C75H146O17P2/c1-8-10-11-12-13-14-15-18-22-27-35-42-49-56-72(77)85-62-70(91-74(79)58-51-44-37-28-23-20-17-16-19-21-26-34-41-48-55-68(7)9-2)64-89-93(81,82)87-60-69(76)61-88-94(83,84)90-65-71(63-86-73(78)57-50-43-36-31-30-33-40-47-54-67(5)6)92-75(80)59-52-45-38-29-24-25-32-39-46-53-66(3)4/h66-71,76H,8-65H2,1-7H3,(H,81,82)(H,83,84)/t68?,69-,70-,71-/m1/s1. The van der Waals surface area contributed by atoms with Crippen LogP contribution >= 0.6 is 15.6 Å². The van der Waals surface area contributed by atoms with Crippen molar-refractivity contribution in [1.29, 1.82) is 0 Å². The first-order valence-corrected chi connectivity index (χ1v) is 41.9. The van der Waals surface area contributed by atoms with Crippen molar-refractivity contribution in [3.05, 3.63) is 0 Å². The van der Waals surface area contributed by atoms with Crippen molar-refractivity contribution >= 4 is 39.5 Å². The predicted octanol–water partition coefficient (Wildman–Crippen LogP) is 21.8. The SMILES string of the molecule is CCCCCCCCCCCCCCCC(=O)OC[C@H](COP(=O)(O)OC[C@@H](O)COP(=O)(O)OC[C@@H](COC(=O)CCCCCCCCCCC(C)C)OC(=O)CCCCCCCCCCCC(C)C)OC(=O)CCCCCCCCCCCCCCCCC(C)CC. The monoisotopic (exact) mass is 1380 g/mol. The topological polar surface area (TPSA) is 237 Å². The van der Waals surface area contributed by atoms with E-state index < -0.39 is 97.5 Å². The minimum absolute atomic E-state index is 0.105. The van der Waals surface area contributed by atoms with E-state index in [0.29, 0.717) is 25.7 Å². The van der Waals surface area contributed by atoms with Crippen molar-refractivity contribution in [3.8, 4) is 0 Å². The second kappa shape index (κ2) is 65.7. The Morgan fingerprint density at radius 1 is 0.309 bits per heavy atom. The maximum absolute atomic E-state index is 13.1. The summed E-state index contributed by atoms with van der Waals surface area (Å²) in [5.41, 5.74) is 0. The molecule has 94 heavy (non-hydrogen) atoms. The summed E-state index contributed by atoms with van der Waals surface area (Å²) in [5, 5.41) is 10.6. The summed E-state index contributed by atoms with van der Waals surface area (Å²) in [6.07, 6.45) is 51.2. The van der Waals surface area contributed by atoms with Gasteiger partial charge in [-0.3, -0.25) is 37.3 Å². The molecule has 0 amide bonds. The highest BCUT2D eigenvalue weighted by molar-refractivity contribution is 7.47. The fourth-order valence-corrected chi connectivity index (χ4v) is 13.0.